The fraction of sp³-hybridized carbons (Fsp3) is 0.0323. The van der Waals surface area contributed by atoms with Crippen LogP contribution in [0.2, 0.25) is 5.02 Å². The maximum Gasteiger partial charge on any atom is 0.311 e. The van der Waals surface area contributed by atoms with Crippen LogP contribution in [-0.2, 0) is 4.79 Å². The van der Waals surface area contributed by atoms with Gasteiger partial charge in [0.2, 0.25) is 11.6 Å². The van der Waals surface area contributed by atoms with E-state index < -0.39 is 23.0 Å². The second-order valence-electron chi connectivity index (χ2n) is 9.26. The van der Waals surface area contributed by atoms with E-state index in [0.717, 1.165) is 10.1 Å². The molecule has 0 atom stereocenters. The summed E-state index contributed by atoms with van der Waals surface area (Å²) >= 11 is 5.89. The molecule has 11 nitrogen and oxygen atoms in total. The molecule has 0 aliphatic carbocycles. The van der Waals surface area contributed by atoms with Crippen molar-refractivity contribution in [3.8, 4) is 17.3 Å². The number of nitrogens with zero attached hydrogens (tertiary/aromatic N) is 4. The van der Waals surface area contributed by atoms with Crippen LogP contribution >= 0.6 is 11.6 Å². The van der Waals surface area contributed by atoms with Crippen molar-refractivity contribution in [1.29, 1.82) is 0 Å². The average Bonchev–Trinajstić information content (AvgIpc) is 3.45. The number of para-hydroxylation sites is 3. The molecule has 0 bridgehead atoms. The quantitative estimate of drug-likeness (QED) is 0.124. The van der Waals surface area contributed by atoms with Gasteiger partial charge in [0.05, 0.1) is 22.0 Å². The molecule has 4 aromatic carbocycles. The van der Waals surface area contributed by atoms with Gasteiger partial charge >= 0.3 is 5.69 Å². The SMILES string of the molecule is O=C(COc1c(C=Nn2c(-c3cc4ccccc4o3)nc3ccccc3c2=O)cccc1[N+](=O)[O-])Nc1ccc(Cl)cc1. The number of amides is 1. The number of anilines is 1. The third kappa shape index (κ3) is 5.69. The Labute approximate surface area is 247 Å². The highest BCUT2D eigenvalue weighted by Gasteiger charge is 2.21. The topological polar surface area (TPSA) is 142 Å². The van der Waals surface area contributed by atoms with E-state index in [2.05, 4.69) is 15.4 Å². The highest BCUT2D eigenvalue weighted by molar-refractivity contribution is 6.30. The van der Waals surface area contributed by atoms with Crippen molar-refractivity contribution in [2.45, 2.75) is 0 Å². The Morgan fingerprint density at radius 3 is 2.60 bits per heavy atom. The standard InChI is InChI=1S/C31H20ClN5O6/c32-21-12-14-22(15-13-21)34-28(38)18-42-29-20(7-5-10-25(29)37(40)41)17-33-36-30(27-16-19-6-1-4-11-26(19)43-27)35-24-9-3-2-8-23(24)31(36)39/h1-17H,18H2,(H,34,38). The number of nitrogens with one attached hydrogen (secondary N) is 1. The fourth-order valence-electron chi connectivity index (χ4n) is 4.42. The molecule has 2 heterocycles. The van der Waals surface area contributed by atoms with E-state index in [1.54, 1.807) is 60.7 Å². The number of hydrogen-bond donors (Lipinski definition) is 1. The number of furan rings is 1. The van der Waals surface area contributed by atoms with Crippen molar-refractivity contribution >= 4 is 57.0 Å². The molecule has 0 saturated carbocycles. The van der Waals surface area contributed by atoms with Crippen molar-refractivity contribution in [3.63, 3.8) is 0 Å². The number of carbonyl (C=O) groups excluding carboxylic acids is 1. The Morgan fingerprint density at radius 2 is 1.81 bits per heavy atom. The Kier molecular flexibility index (Phi) is 7.37. The van der Waals surface area contributed by atoms with Gasteiger partial charge in [0.15, 0.2) is 12.4 Å². The van der Waals surface area contributed by atoms with E-state index in [1.807, 2.05) is 18.2 Å². The molecule has 6 rings (SSSR count). The van der Waals surface area contributed by atoms with Crippen LogP contribution in [0.5, 0.6) is 5.75 Å². The summed E-state index contributed by atoms with van der Waals surface area (Å²) in [4.78, 5) is 42.0. The lowest BCUT2D eigenvalue weighted by molar-refractivity contribution is -0.385. The van der Waals surface area contributed by atoms with Crippen LogP contribution in [0.15, 0.2) is 111 Å². The average molecular weight is 594 g/mol. The molecule has 1 amide bonds. The van der Waals surface area contributed by atoms with Gasteiger partial charge in [0.1, 0.15) is 5.58 Å². The number of nitro benzene ring substituents is 1. The summed E-state index contributed by atoms with van der Waals surface area (Å²) in [6, 6.07) is 26.5. The summed E-state index contributed by atoms with van der Waals surface area (Å²) in [7, 11) is 0. The normalized spacial score (nSPS) is 11.3. The first kappa shape index (κ1) is 27.4. The van der Waals surface area contributed by atoms with Gasteiger partial charge in [-0.05, 0) is 54.6 Å². The molecule has 43 heavy (non-hydrogen) atoms. The lowest BCUT2D eigenvalue weighted by Gasteiger charge is -2.11. The molecule has 0 fully saturated rings. The largest absolute Gasteiger partial charge is 0.476 e. The minimum Gasteiger partial charge on any atom is -0.476 e. The monoisotopic (exact) mass is 593 g/mol. The molecule has 0 saturated heterocycles. The van der Waals surface area contributed by atoms with E-state index in [1.165, 1.54) is 24.4 Å². The maximum absolute atomic E-state index is 13.6. The molecular formula is C31H20ClN5O6. The highest BCUT2D eigenvalue weighted by Crippen LogP contribution is 2.31. The Hall–Kier alpha value is -5.81. The Morgan fingerprint density at radius 1 is 1.05 bits per heavy atom. The van der Waals surface area contributed by atoms with Gasteiger partial charge in [-0.25, -0.2) is 4.98 Å². The molecule has 0 unspecified atom stereocenters. The molecule has 0 spiro atoms. The van der Waals surface area contributed by atoms with Gasteiger partial charge in [0.25, 0.3) is 11.5 Å². The van der Waals surface area contributed by atoms with E-state index >= 15 is 0 Å². The predicted molar refractivity (Wildman–Crippen MR) is 163 cm³/mol. The maximum atomic E-state index is 13.6. The van der Waals surface area contributed by atoms with Crippen molar-refractivity contribution in [2.75, 3.05) is 11.9 Å². The zero-order valence-corrected chi connectivity index (χ0v) is 22.9. The number of hydrogen-bond acceptors (Lipinski definition) is 8. The van der Waals surface area contributed by atoms with Crippen LogP contribution in [0.4, 0.5) is 11.4 Å². The van der Waals surface area contributed by atoms with Crippen LogP contribution in [0.3, 0.4) is 0 Å². The Bertz CT molecular complexity index is 2070. The first-order valence-corrected chi connectivity index (χ1v) is 13.3. The lowest BCUT2D eigenvalue weighted by atomic mass is 10.2. The van der Waals surface area contributed by atoms with Gasteiger partial charge in [-0.3, -0.25) is 19.7 Å². The summed E-state index contributed by atoms with van der Waals surface area (Å²) < 4.78 is 12.7. The summed E-state index contributed by atoms with van der Waals surface area (Å²) in [5, 5.41) is 20.5. The molecule has 212 valence electrons. The number of nitro groups is 1. The van der Waals surface area contributed by atoms with Crippen molar-refractivity contribution in [2.24, 2.45) is 5.10 Å². The van der Waals surface area contributed by atoms with Crippen LogP contribution in [0.25, 0.3) is 33.5 Å². The van der Waals surface area contributed by atoms with E-state index in [9.17, 15) is 19.7 Å². The first-order valence-electron chi connectivity index (χ1n) is 12.9. The predicted octanol–water partition coefficient (Wildman–Crippen LogP) is 6.27. The van der Waals surface area contributed by atoms with E-state index in [0.29, 0.717) is 33.0 Å². The molecule has 2 aromatic heterocycles. The fourth-order valence-corrected chi connectivity index (χ4v) is 4.54. The summed E-state index contributed by atoms with van der Waals surface area (Å²) in [6.45, 7) is -0.532. The summed E-state index contributed by atoms with van der Waals surface area (Å²) in [6.07, 6.45) is 1.24. The molecule has 0 aliphatic heterocycles. The molecule has 1 N–H and O–H groups in total. The van der Waals surface area contributed by atoms with Crippen LogP contribution < -0.4 is 15.6 Å². The second kappa shape index (κ2) is 11.6. The van der Waals surface area contributed by atoms with Crippen molar-refractivity contribution in [3.05, 3.63) is 128 Å². The minimum atomic E-state index is -0.632. The van der Waals surface area contributed by atoms with Crippen LogP contribution in [0, 0.1) is 10.1 Å². The van der Waals surface area contributed by atoms with Gasteiger partial charge in [0, 0.05) is 27.7 Å². The summed E-state index contributed by atoms with van der Waals surface area (Å²) in [5.41, 5.74) is 0.812. The zero-order valence-electron chi connectivity index (χ0n) is 22.1. The highest BCUT2D eigenvalue weighted by atomic mass is 35.5. The zero-order chi connectivity index (χ0) is 29.9. The molecular weight excluding hydrogens is 574 g/mol. The number of benzene rings is 4. The van der Waals surface area contributed by atoms with Crippen LogP contribution in [0.1, 0.15) is 5.56 Å². The number of fused-ring (bicyclic) bond motifs is 2. The second-order valence-corrected chi connectivity index (χ2v) is 9.70. The van der Waals surface area contributed by atoms with Crippen molar-refractivity contribution < 1.29 is 18.9 Å². The van der Waals surface area contributed by atoms with E-state index in [4.69, 9.17) is 20.8 Å². The van der Waals surface area contributed by atoms with Gasteiger partial charge in [-0.2, -0.15) is 9.78 Å². The van der Waals surface area contributed by atoms with Gasteiger partial charge in [-0.1, -0.05) is 48.0 Å². The first-order chi connectivity index (χ1) is 20.9. The number of halogens is 1. The summed E-state index contributed by atoms with van der Waals surface area (Å²) in [5.74, 6) is -0.318. The number of rotatable bonds is 8. The molecule has 6 aromatic rings. The van der Waals surface area contributed by atoms with Crippen molar-refractivity contribution in [1.82, 2.24) is 9.66 Å². The molecule has 0 radical (unpaired) electrons. The van der Waals surface area contributed by atoms with Gasteiger partial charge < -0.3 is 14.5 Å². The Balaban J connectivity index is 1.38. The minimum absolute atomic E-state index is 0.131. The number of ether oxygens (including phenoxy) is 1. The molecule has 12 heteroatoms. The van der Waals surface area contributed by atoms with Crippen LogP contribution in [-0.4, -0.2) is 33.3 Å². The molecule has 0 aliphatic rings. The van der Waals surface area contributed by atoms with E-state index in [-0.39, 0.29) is 22.8 Å². The third-order valence-electron chi connectivity index (χ3n) is 6.41. The lowest BCUT2D eigenvalue weighted by Crippen LogP contribution is -2.21. The number of carbonyl (C=O) groups is 1. The third-order valence-corrected chi connectivity index (χ3v) is 6.66. The number of aromatic nitrogens is 2. The van der Waals surface area contributed by atoms with Gasteiger partial charge in [-0.15, -0.1) is 0 Å². The smallest absolute Gasteiger partial charge is 0.311 e.